The monoisotopic (exact) mass is 166 g/mol. The summed E-state index contributed by atoms with van der Waals surface area (Å²) in [5, 5.41) is 0. The first-order valence-corrected chi connectivity index (χ1v) is 4.34. The van der Waals surface area contributed by atoms with Gasteiger partial charge in [0.05, 0.1) is 13.2 Å². The molecular formula is C10H14O2. The molecule has 2 heteroatoms. The van der Waals surface area contributed by atoms with Gasteiger partial charge in [-0.05, 0) is 13.3 Å². The van der Waals surface area contributed by atoms with Crippen molar-refractivity contribution in [1.82, 2.24) is 0 Å². The Morgan fingerprint density at radius 2 is 2.50 bits per heavy atom. The Kier molecular flexibility index (Phi) is 3.83. The van der Waals surface area contributed by atoms with Crippen molar-refractivity contribution in [2.75, 3.05) is 13.2 Å². The van der Waals surface area contributed by atoms with Gasteiger partial charge in [-0.2, -0.15) is 0 Å². The first kappa shape index (κ1) is 9.28. The van der Waals surface area contributed by atoms with E-state index in [0.29, 0.717) is 25.4 Å². The quantitative estimate of drug-likeness (QED) is 0.579. The Hall–Kier alpha value is -0.810. The molecule has 0 saturated carbocycles. The van der Waals surface area contributed by atoms with Crippen LogP contribution < -0.4 is 0 Å². The molecule has 0 spiro atoms. The number of carbonyl (C=O) groups is 1. The Bertz CT molecular complexity index is 210. The molecule has 1 saturated heterocycles. The van der Waals surface area contributed by atoms with E-state index in [9.17, 15) is 4.79 Å². The van der Waals surface area contributed by atoms with Gasteiger partial charge < -0.3 is 4.74 Å². The summed E-state index contributed by atoms with van der Waals surface area (Å²) in [6.45, 7) is 3.03. The summed E-state index contributed by atoms with van der Waals surface area (Å²) < 4.78 is 5.21. The highest BCUT2D eigenvalue weighted by atomic mass is 16.5. The fraction of sp³-hybridized carbons (Fsp3) is 0.700. The second-order valence-electron chi connectivity index (χ2n) is 2.95. The predicted octanol–water partition coefficient (Wildman–Crippen LogP) is 1.40. The van der Waals surface area contributed by atoms with E-state index >= 15 is 0 Å². The zero-order valence-electron chi connectivity index (χ0n) is 7.43. The lowest BCUT2D eigenvalue weighted by molar-refractivity contribution is -0.130. The third kappa shape index (κ3) is 2.67. The molecule has 1 atom stereocenters. The van der Waals surface area contributed by atoms with Gasteiger partial charge >= 0.3 is 0 Å². The maximum atomic E-state index is 11.3. The van der Waals surface area contributed by atoms with Crippen LogP contribution in [0.5, 0.6) is 0 Å². The van der Waals surface area contributed by atoms with Crippen molar-refractivity contribution in [3.05, 3.63) is 0 Å². The molecule has 0 N–H and O–H groups in total. The van der Waals surface area contributed by atoms with Crippen molar-refractivity contribution in [1.29, 1.82) is 0 Å². The van der Waals surface area contributed by atoms with E-state index in [1.54, 1.807) is 0 Å². The SMILES string of the molecule is CC#CCCC1COCCC1=O. The highest BCUT2D eigenvalue weighted by molar-refractivity contribution is 5.81. The van der Waals surface area contributed by atoms with Gasteiger partial charge in [0.25, 0.3) is 0 Å². The minimum atomic E-state index is 0.111. The fourth-order valence-corrected chi connectivity index (χ4v) is 1.31. The molecule has 0 radical (unpaired) electrons. The van der Waals surface area contributed by atoms with E-state index in [-0.39, 0.29) is 5.92 Å². The van der Waals surface area contributed by atoms with Gasteiger partial charge in [0, 0.05) is 18.8 Å². The average Bonchev–Trinajstić information content (AvgIpc) is 2.09. The van der Waals surface area contributed by atoms with Crippen molar-refractivity contribution >= 4 is 5.78 Å². The van der Waals surface area contributed by atoms with Gasteiger partial charge in [-0.15, -0.1) is 11.8 Å². The maximum absolute atomic E-state index is 11.3. The second kappa shape index (κ2) is 4.95. The van der Waals surface area contributed by atoms with E-state index in [4.69, 9.17) is 4.74 Å². The lowest BCUT2D eigenvalue weighted by Gasteiger charge is -2.19. The van der Waals surface area contributed by atoms with Crippen LogP contribution in [0.15, 0.2) is 0 Å². The highest BCUT2D eigenvalue weighted by Gasteiger charge is 2.21. The van der Waals surface area contributed by atoms with Gasteiger partial charge in [-0.25, -0.2) is 0 Å². The smallest absolute Gasteiger partial charge is 0.140 e. The molecule has 12 heavy (non-hydrogen) atoms. The van der Waals surface area contributed by atoms with Gasteiger partial charge in [-0.1, -0.05) is 0 Å². The van der Waals surface area contributed by atoms with Crippen LogP contribution in [-0.4, -0.2) is 19.0 Å². The Balaban J connectivity index is 2.27. The number of ether oxygens (including phenoxy) is 1. The lowest BCUT2D eigenvalue weighted by atomic mass is 9.96. The molecule has 0 aliphatic carbocycles. The molecule has 0 amide bonds. The van der Waals surface area contributed by atoms with E-state index in [0.717, 1.165) is 12.8 Å². The van der Waals surface area contributed by atoms with Gasteiger partial charge in [0.2, 0.25) is 0 Å². The number of rotatable bonds is 2. The first-order chi connectivity index (χ1) is 5.84. The molecule has 0 aromatic carbocycles. The van der Waals surface area contributed by atoms with Crippen molar-refractivity contribution in [3.8, 4) is 11.8 Å². The zero-order chi connectivity index (χ0) is 8.81. The van der Waals surface area contributed by atoms with E-state index in [2.05, 4.69) is 11.8 Å². The molecular weight excluding hydrogens is 152 g/mol. The standard InChI is InChI=1S/C10H14O2/c1-2-3-4-5-9-8-12-7-6-10(9)11/h9H,4-8H2,1H3. The van der Waals surface area contributed by atoms with E-state index in [1.165, 1.54) is 0 Å². The first-order valence-electron chi connectivity index (χ1n) is 4.34. The normalized spacial score (nSPS) is 23.1. The van der Waals surface area contributed by atoms with Crippen LogP contribution in [-0.2, 0) is 9.53 Å². The van der Waals surface area contributed by atoms with Crippen LogP contribution in [0.3, 0.4) is 0 Å². The second-order valence-corrected chi connectivity index (χ2v) is 2.95. The van der Waals surface area contributed by atoms with Crippen molar-refractivity contribution < 1.29 is 9.53 Å². The highest BCUT2D eigenvalue weighted by Crippen LogP contribution is 2.14. The van der Waals surface area contributed by atoms with Gasteiger partial charge in [0.15, 0.2) is 0 Å². The molecule has 1 fully saturated rings. The molecule has 66 valence electrons. The maximum Gasteiger partial charge on any atom is 0.140 e. The molecule has 2 nitrogen and oxygen atoms in total. The molecule has 0 aromatic heterocycles. The van der Waals surface area contributed by atoms with Crippen LogP contribution in [0.1, 0.15) is 26.2 Å². The number of hydrogen-bond acceptors (Lipinski definition) is 2. The van der Waals surface area contributed by atoms with Crippen LogP contribution >= 0.6 is 0 Å². The number of ketones is 1. The predicted molar refractivity (Wildman–Crippen MR) is 46.6 cm³/mol. The molecule has 1 rings (SSSR count). The molecule has 0 bridgehead atoms. The number of Topliss-reactive ketones (excluding diaryl/α,β-unsaturated/α-hetero) is 1. The topological polar surface area (TPSA) is 26.3 Å². The minimum Gasteiger partial charge on any atom is -0.380 e. The summed E-state index contributed by atoms with van der Waals surface area (Å²) in [7, 11) is 0. The third-order valence-corrected chi connectivity index (χ3v) is 2.06. The zero-order valence-corrected chi connectivity index (χ0v) is 7.43. The van der Waals surface area contributed by atoms with Crippen molar-refractivity contribution in [3.63, 3.8) is 0 Å². The van der Waals surface area contributed by atoms with Gasteiger partial charge in [0.1, 0.15) is 5.78 Å². The Morgan fingerprint density at radius 1 is 1.67 bits per heavy atom. The van der Waals surface area contributed by atoms with Crippen molar-refractivity contribution in [2.24, 2.45) is 5.92 Å². The third-order valence-electron chi connectivity index (χ3n) is 2.06. The van der Waals surface area contributed by atoms with Crippen LogP contribution in [0, 0.1) is 17.8 Å². The van der Waals surface area contributed by atoms with Gasteiger partial charge in [-0.3, -0.25) is 4.79 Å². The molecule has 1 unspecified atom stereocenters. The summed E-state index contributed by atoms with van der Waals surface area (Å²) in [6.07, 6.45) is 2.26. The lowest BCUT2D eigenvalue weighted by Crippen LogP contribution is -2.27. The summed E-state index contributed by atoms with van der Waals surface area (Å²) in [4.78, 5) is 11.3. The number of carbonyl (C=O) groups excluding carboxylic acids is 1. The summed E-state index contributed by atoms with van der Waals surface area (Å²) >= 11 is 0. The molecule has 0 aromatic rings. The summed E-state index contributed by atoms with van der Waals surface area (Å²) in [6, 6.07) is 0. The van der Waals surface area contributed by atoms with Crippen LogP contribution in [0.25, 0.3) is 0 Å². The van der Waals surface area contributed by atoms with Crippen LogP contribution in [0.2, 0.25) is 0 Å². The number of hydrogen-bond donors (Lipinski definition) is 0. The van der Waals surface area contributed by atoms with E-state index in [1.807, 2.05) is 6.92 Å². The summed E-state index contributed by atoms with van der Waals surface area (Å²) in [5.41, 5.74) is 0. The van der Waals surface area contributed by atoms with Crippen LogP contribution in [0.4, 0.5) is 0 Å². The molecule has 1 heterocycles. The summed E-state index contributed by atoms with van der Waals surface area (Å²) in [5.74, 6) is 6.24. The fourth-order valence-electron chi connectivity index (χ4n) is 1.31. The van der Waals surface area contributed by atoms with E-state index < -0.39 is 0 Å². The minimum absolute atomic E-state index is 0.111. The Labute approximate surface area is 73.3 Å². The molecule has 1 aliphatic heterocycles. The molecule has 1 aliphatic rings. The largest absolute Gasteiger partial charge is 0.380 e. The Morgan fingerprint density at radius 3 is 3.17 bits per heavy atom. The average molecular weight is 166 g/mol. The van der Waals surface area contributed by atoms with Crippen molar-refractivity contribution in [2.45, 2.75) is 26.2 Å².